The van der Waals surface area contributed by atoms with E-state index in [0.29, 0.717) is 22.2 Å². The summed E-state index contributed by atoms with van der Waals surface area (Å²) in [5, 5.41) is 0.324. The largest absolute Gasteiger partial charge is 0.332 e. The van der Waals surface area contributed by atoms with Crippen LogP contribution >= 0.6 is 12.2 Å². The van der Waals surface area contributed by atoms with Crippen molar-refractivity contribution < 1.29 is 4.39 Å². The molecule has 0 bridgehead atoms. The van der Waals surface area contributed by atoms with Crippen LogP contribution in [0.15, 0.2) is 23.0 Å². The van der Waals surface area contributed by atoms with Crippen molar-refractivity contribution in [1.29, 1.82) is 0 Å². The Hall–Kier alpha value is -1.49. The molecule has 2 aromatic rings. The summed E-state index contributed by atoms with van der Waals surface area (Å²) in [4.78, 5) is 14.7. The number of benzene rings is 1. The molecular weight excluding hydrogens is 215 g/mol. The van der Waals surface area contributed by atoms with E-state index in [1.165, 1.54) is 22.8 Å². The van der Waals surface area contributed by atoms with Gasteiger partial charge in [0.2, 0.25) is 0 Å². The normalized spacial score (nSPS) is 10.8. The average Bonchev–Trinajstić information content (AvgIpc) is 2.20. The van der Waals surface area contributed by atoms with E-state index in [1.54, 1.807) is 0 Å². The van der Waals surface area contributed by atoms with E-state index in [2.05, 4.69) is 4.98 Å². The Kier molecular flexibility index (Phi) is 2.40. The van der Waals surface area contributed by atoms with Crippen molar-refractivity contribution in [3.8, 4) is 0 Å². The Balaban J connectivity index is 2.99. The van der Waals surface area contributed by atoms with Gasteiger partial charge >= 0.3 is 0 Å². The summed E-state index contributed by atoms with van der Waals surface area (Å²) in [6.45, 7) is 2.29. The quantitative estimate of drug-likeness (QED) is 0.754. The van der Waals surface area contributed by atoms with Crippen LogP contribution < -0.4 is 5.56 Å². The molecule has 1 N–H and O–H groups in total. The summed E-state index contributed by atoms with van der Waals surface area (Å²) < 4.78 is 14.7. The van der Waals surface area contributed by atoms with Crippen molar-refractivity contribution in [2.45, 2.75) is 13.5 Å². The molecule has 3 nitrogen and oxygen atoms in total. The highest BCUT2D eigenvalue weighted by atomic mass is 32.1. The zero-order chi connectivity index (χ0) is 11.0. The van der Waals surface area contributed by atoms with Crippen LogP contribution in [-0.4, -0.2) is 9.55 Å². The van der Waals surface area contributed by atoms with Gasteiger partial charge in [-0.3, -0.25) is 9.36 Å². The Bertz CT molecular complexity index is 629. The van der Waals surface area contributed by atoms with Crippen LogP contribution in [-0.2, 0) is 6.54 Å². The van der Waals surface area contributed by atoms with Gasteiger partial charge < -0.3 is 4.98 Å². The lowest BCUT2D eigenvalue weighted by Gasteiger charge is -2.04. The molecule has 15 heavy (non-hydrogen) atoms. The maximum absolute atomic E-state index is 13.0. The van der Waals surface area contributed by atoms with Crippen LogP contribution in [0.3, 0.4) is 0 Å². The van der Waals surface area contributed by atoms with Crippen molar-refractivity contribution in [2.24, 2.45) is 0 Å². The van der Waals surface area contributed by atoms with Gasteiger partial charge in [-0.1, -0.05) is 0 Å². The van der Waals surface area contributed by atoms with Gasteiger partial charge in [-0.05, 0) is 37.3 Å². The van der Waals surface area contributed by atoms with E-state index in [9.17, 15) is 9.18 Å². The summed E-state index contributed by atoms with van der Waals surface area (Å²) in [6.07, 6.45) is 0. The van der Waals surface area contributed by atoms with Crippen LogP contribution in [0.2, 0.25) is 0 Å². The fourth-order valence-electron chi connectivity index (χ4n) is 1.51. The Morgan fingerprint density at radius 3 is 2.93 bits per heavy atom. The van der Waals surface area contributed by atoms with Crippen LogP contribution in [0.5, 0.6) is 0 Å². The number of fused-ring (bicyclic) bond motifs is 1. The van der Waals surface area contributed by atoms with Gasteiger partial charge in [-0.2, -0.15) is 0 Å². The van der Waals surface area contributed by atoms with Crippen LogP contribution in [0.25, 0.3) is 10.9 Å². The first-order valence-electron chi connectivity index (χ1n) is 4.56. The number of rotatable bonds is 1. The van der Waals surface area contributed by atoms with Gasteiger partial charge in [0.25, 0.3) is 5.56 Å². The number of hydrogen-bond acceptors (Lipinski definition) is 2. The first-order valence-corrected chi connectivity index (χ1v) is 4.96. The summed E-state index contributed by atoms with van der Waals surface area (Å²) in [7, 11) is 0. The second kappa shape index (κ2) is 3.58. The zero-order valence-electron chi connectivity index (χ0n) is 8.08. The lowest BCUT2D eigenvalue weighted by Crippen LogP contribution is -2.21. The molecule has 78 valence electrons. The Labute approximate surface area is 90.2 Å². The zero-order valence-corrected chi connectivity index (χ0v) is 8.90. The van der Waals surface area contributed by atoms with Gasteiger partial charge in [0.1, 0.15) is 5.82 Å². The van der Waals surface area contributed by atoms with E-state index in [1.807, 2.05) is 6.92 Å². The van der Waals surface area contributed by atoms with Gasteiger partial charge in [0.05, 0.1) is 10.9 Å². The molecule has 0 aliphatic carbocycles. The molecule has 0 atom stereocenters. The SMILES string of the molecule is CCn1c(=S)[nH]c2ccc(F)cc2c1=O. The highest BCUT2D eigenvalue weighted by Gasteiger charge is 2.04. The smallest absolute Gasteiger partial charge is 0.262 e. The van der Waals surface area contributed by atoms with E-state index in [4.69, 9.17) is 12.2 Å². The van der Waals surface area contributed by atoms with E-state index < -0.39 is 5.82 Å². The van der Waals surface area contributed by atoms with Gasteiger partial charge in [0.15, 0.2) is 4.77 Å². The molecule has 0 radical (unpaired) electrons. The molecule has 2 rings (SSSR count). The Morgan fingerprint density at radius 2 is 2.27 bits per heavy atom. The van der Waals surface area contributed by atoms with E-state index in [-0.39, 0.29) is 5.56 Å². The second-order valence-electron chi connectivity index (χ2n) is 3.17. The van der Waals surface area contributed by atoms with Crippen molar-refractivity contribution in [3.05, 3.63) is 39.1 Å². The molecule has 1 aromatic heterocycles. The lowest BCUT2D eigenvalue weighted by molar-refractivity contribution is 0.628. The molecule has 0 fully saturated rings. The minimum atomic E-state index is -0.423. The summed E-state index contributed by atoms with van der Waals surface area (Å²) in [5.74, 6) is -0.423. The fourth-order valence-corrected chi connectivity index (χ4v) is 1.83. The fraction of sp³-hybridized carbons (Fsp3) is 0.200. The lowest BCUT2D eigenvalue weighted by atomic mass is 10.2. The average molecular weight is 224 g/mol. The minimum absolute atomic E-state index is 0.254. The van der Waals surface area contributed by atoms with Crippen molar-refractivity contribution in [3.63, 3.8) is 0 Å². The number of nitrogens with zero attached hydrogens (tertiary/aromatic N) is 1. The van der Waals surface area contributed by atoms with Gasteiger partial charge in [-0.25, -0.2) is 4.39 Å². The standard InChI is InChI=1S/C10H9FN2OS/c1-2-13-9(14)7-5-6(11)3-4-8(7)12-10(13)15/h3-5H,2H2,1H3,(H,12,15). The molecule has 0 aliphatic heterocycles. The van der Waals surface area contributed by atoms with Crippen molar-refractivity contribution in [1.82, 2.24) is 9.55 Å². The van der Waals surface area contributed by atoms with Crippen LogP contribution in [0, 0.1) is 10.6 Å². The summed E-state index contributed by atoms with van der Waals surface area (Å²) in [5.41, 5.74) is 0.312. The predicted octanol–water partition coefficient (Wildman–Crippen LogP) is 2.22. The third-order valence-corrected chi connectivity index (χ3v) is 2.58. The number of halogens is 1. The van der Waals surface area contributed by atoms with Gasteiger partial charge in [-0.15, -0.1) is 0 Å². The predicted molar refractivity (Wildman–Crippen MR) is 59.0 cm³/mol. The molecular formula is C10H9FN2OS. The highest BCUT2D eigenvalue weighted by Crippen LogP contribution is 2.08. The number of aromatic amines is 1. The highest BCUT2D eigenvalue weighted by molar-refractivity contribution is 7.71. The maximum atomic E-state index is 13.0. The molecule has 0 unspecified atom stereocenters. The molecule has 0 saturated carbocycles. The topological polar surface area (TPSA) is 37.8 Å². The second-order valence-corrected chi connectivity index (χ2v) is 3.56. The number of aromatic nitrogens is 2. The maximum Gasteiger partial charge on any atom is 0.262 e. The van der Waals surface area contributed by atoms with E-state index >= 15 is 0 Å². The number of hydrogen-bond donors (Lipinski definition) is 1. The molecule has 1 aromatic carbocycles. The molecule has 5 heteroatoms. The molecule has 1 heterocycles. The summed E-state index contributed by atoms with van der Waals surface area (Å²) in [6, 6.07) is 4.03. The third-order valence-electron chi connectivity index (χ3n) is 2.26. The molecule has 0 aliphatic rings. The number of nitrogens with one attached hydrogen (secondary N) is 1. The van der Waals surface area contributed by atoms with Crippen LogP contribution in [0.4, 0.5) is 4.39 Å². The monoisotopic (exact) mass is 224 g/mol. The first kappa shape index (κ1) is 10.0. The minimum Gasteiger partial charge on any atom is -0.332 e. The molecule has 0 amide bonds. The van der Waals surface area contributed by atoms with Gasteiger partial charge in [0, 0.05) is 6.54 Å². The van der Waals surface area contributed by atoms with Crippen molar-refractivity contribution in [2.75, 3.05) is 0 Å². The van der Waals surface area contributed by atoms with Crippen LogP contribution in [0.1, 0.15) is 6.92 Å². The summed E-state index contributed by atoms with van der Waals surface area (Å²) >= 11 is 5.01. The molecule has 0 saturated heterocycles. The number of H-pyrrole nitrogens is 1. The van der Waals surface area contributed by atoms with E-state index in [0.717, 1.165) is 0 Å². The van der Waals surface area contributed by atoms with Crippen molar-refractivity contribution >= 4 is 23.1 Å². The Morgan fingerprint density at radius 1 is 1.53 bits per heavy atom. The third kappa shape index (κ3) is 1.59. The first-order chi connectivity index (χ1) is 7.13. The molecule has 0 spiro atoms.